The van der Waals surface area contributed by atoms with Crippen LogP contribution in [0.4, 0.5) is 0 Å². The van der Waals surface area contributed by atoms with Crippen molar-refractivity contribution in [3.05, 3.63) is 58.1 Å². The van der Waals surface area contributed by atoms with Crippen LogP contribution < -0.4 is 10.1 Å². The average molecular weight is 276 g/mol. The average Bonchev–Trinajstić information content (AvgIpc) is 2.37. The first kappa shape index (κ1) is 13.9. The Labute approximate surface area is 119 Å². The lowest BCUT2D eigenvalue weighted by atomic mass is 10.1. The minimum atomic E-state index is 0.727. The van der Waals surface area contributed by atoms with Crippen molar-refractivity contribution in [2.24, 2.45) is 0 Å². The largest absolute Gasteiger partial charge is 0.457 e. The lowest BCUT2D eigenvalue weighted by Crippen LogP contribution is -2.05. The van der Waals surface area contributed by atoms with Gasteiger partial charge in [-0.15, -0.1) is 0 Å². The predicted octanol–water partition coefficient (Wildman–Crippen LogP) is 4.47. The second-order valence-corrected chi connectivity index (χ2v) is 5.08. The number of ether oxygens (including phenoxy) is 1. The molecule has 0 spiro atoms. The molecule has 0 saturated carbocycles. The maximum Gasteiger partial charge on any atom is 0.130 e. The molecular formula is C16H18ClNO. The number of halogens is 1. The van der Waals surface area contributed by atoms with E-state index in [2.05, 4.69) is 23.5 Å². The minimum absolute atomic E-state index is 0.727. The lowest BCUT2D eigenvalue weighted by molar-refractivity contribution is 0.474. The normalized spacial score (nSPS) is 10.5. The van der Waals surface area contributed by atoms with Gasteiger partial charge in [0.05, 0.1) is 0 Å². The van der Waals surface area contributed by atoms with Gasteiger partial charge in [0.15, 0.2) is 0 Å². The Bertz CT molecular complexity index is 581. The monoisotopic (exact) mass is 275 g/mol. The van der Waals surface area contributed by atoms with Crippen molar-refractivity contribution >= 4 is 11.6 Å². The van der Waals surface area contributed by atoms with Crippen LogP contribution in [0.2, 0.25) is 5.02 Å². The molecule has 0 atom stereocenters. The molecule has 0 bridgehead atoms. The zero-order valence-electron chi connectivity index (χ0n) is 11.5. The fourth-order valence-corrected chi connectivity index (χ4v) is 2.14. The molecule has 3 heteroatoms. The molecule has 0 radical (unpaired) electrons. The van der Waals surface area contributed by atoms with Crippen molar-refractivity contribution < 1.29 is 4.74 Å². The van der Waals surface area contributed by atoms with Crippen LogP contribution in [-0.2, 0) is 6.54 Å². The fourth-order valence-electron chi connectivity index (χ4n) is 1.91. The van der Waals surface area contributed by atoms with Crippen LogP contribution in [0.3, 0.4) is 0 Å². The summed E-state index contributed by atoms with van der Waals surface area (Å²) in [5.74, 6) is 1.73. The SMILES string of the molecule is CNCc1ccc(C)c(Oc2ccc(Cl)cc2C)c1. The second-order valence-electron chi connectivity index (χ2n) is 4.64. The van der Waals surface area contributed by atoms with Crippen molar-refractivity contribution in [2.45, 2.75) is 20.4 Å². The summed E-state index contributed by atoms with van der Waals surface area (Å²) in [5, 5.41) is 3.87. The molecule has 19 heavy (non-hydrogen) atoms. The first-order chi connectivity index (χ1) is 9.10. The molecule has 0 unspecified atom stereocenters. The van der Waals surface area contributed by atoms with Gasteiger partial charge in [-0.1, -0.05) is 23.7 Å². The third-order valence-corrected chi connectivity index (χ3v) is 3.23. The van der Waals surface area contributed by atoms with E-state index < -0.39 is 0 Å². The molecule has 0 amide bonds. The molecule has 0 heterocycles. The molecule has 0 aliphatic heterocycles. The van der Waals surface area contributed by atoms with E-state index in [4.69, 9.17) is 16.3 Å². The third kappa shape index (κ3) is 3.49. The highest BCUT2D eigenvalue weighted by Gasteiger charge is 2.06. The first-order valence-corrected chi connectivity index (χ1v) is 6.66. The highest BCUT2D eigenvalue weighted by Crippen LogP contribution is 2.30. The number of rotatable bonds is 4. The van der Waals surface area contributed by atoms with Gasteiger partial charge in [0.1, 0.15) is 11.5 Å². The Hall–Kier alpha value is -1.51. The summed E-state index contributed by atoms with van der Waals surface area (Å²) < 4.78 is 6.00. The summed E-state index contributed by atoms with van der Waals surface area (Å²) >= 11 is 5.95. The molecule has 2 aromatic rings. The van der Waals surface area contributed by atoms with Gasteiger partial charge in [0.25, 0.3) is 0 Å². The van der Waals surface area contributed by atoms with Crippen molar-refractivity contribution in [1.29, 1.82) is 0 Å². The van der Waals surface area contributed by atoms with Gasteiger partial charge in [-0.25, -0.2) is 0 Å². The van der Waals surface area contributed by atoms with Gasteiger partial charge in [-0.05, 0) is 61.9 Å². The molecule has 0 aliphatic carbocycles. The van der Waals surface area contributed by atoms with Crippen molar-refractivity contribution in [1.82, 2.24) is 5.32 Å². The van der Waals surface area contributed by atoms with E-state index in [0.29, 0.717) is 0 Å². The van der Waals surface area contributed by atoms with Crippen LogP contribution in [0, 0.1) is 13.8 Å². The van der Waals surface area contributed by atoms with Crippen LogP contribution in [0.15, 0.2) is 36.4 Å². The van der Waals surface area contributed by atoms with E-state index in [1.54, 1.807) is 0 Å². The van der Waals surface area contributed by atoms with E-state index in [0.717, 1.165) is 34.2 Å². The smallest absolute Gasteiger partial charge is 0.130 e. The minimum Gasteiger partial charge on any atom is -0.457 e. The van der Waals surface area contributed by atoms with Gasteiger partial charge < -0.3 is 10.1 Å². The van der Waals surface area contributed by atoms with Gasteiger partial charge in [-0.3, -0.25) is 0 Å². The molecule has 0 fully saturated rings. The van der Waals surface area contributed by atoms with Crippen molar-refractivity contribution in [2.75, 3.05) is 7.05 Å². The standard InChI is InChI=1S/C16H18ClNO/c1-11-4-5-13(10-18-3)9-16(11)19-15-7-6-14(17)8-12(15)2/h4-9,18H,10H2,1-3H3. The molecule has 0 aliphatic rings. The Balaban J connectivity index is 2.29. The Morgan fingerprint density at radius 2 is 1.79 bits per heavy atom. The summed E-state index contributed by atoms with van der Waals surface area (Å²) in [6, 6.07) is 11.9. The molecule has 100 valence electrons. The van der Waals surface area contributed by atoms with Gasteiger partial charge >= 0.3 is 0 Å². The van der Waals surface area contributed by atoms with Gasteiger partial charge in [-0.2, -0.15) is 0 Å². The molecule has 1 N–H and O–H groups in total. The summed E-state index contributed by atoms with van der Waals surface area (Å²) in [6.07, 6.45) is 0. The van der Waals surface area contributed by atoms with Crippen molar-refractivity contribution in [3.63, 3.8) is 0 Å². The maximum atomic E-state index is 6.00. The third-order valence-electron chi connectivity index (χ3n) is 2.99. The molecular weight excluding hydrogens is 258 g/mol. The van der Waals surface area contributed by atoms with Crippen LogP contribution in [0.25, 0.3) is 0 Å². The van der Waals surface area contributed by atoms with Gasteiger partial charge in [0, 0.05) is 11.6 Å². The number of aryl methyl sites for hydroxylation is 2. The lowest BCUT2D eigenvalue weighted by Gasteiger charge is -2.12. The van der Waals surface area contributed by atoms with Crippen LogP contribution in [-0.4, -0.2) is 7.05 Å². The van der Waals surface area contributed by atoms with E-state index >= 15 is 0 Å². The molecule has 0 saturated heterocycles. The van der Waals surface area contributed by atoms with E-state index in [1.807, 2.05) is 39.1 Å². The summed E-state index contributed by atoms with van der Waals surface area (Å²) in [5.41, 5.74) is 3.36. The zero-order chi connectivity index (χ0) is 13.8. The van der Waals surface area contributed by atoms with Crippen molar-refractivity contribution in [3.8, 4) is 11.5 Å². The van der Waals surface area contributed by atoms with Crippen LogP contribution >= 0.6 is 11.6 Å². The summed E-state index contributed by atoms with van der Waals surface area (Å²) in [7, 11) is 1.93. The fraction of sp³-hybridized carbons (Fsp3) is 0.250. The Morgan fingerprint density at radius 3 is 2.47 bits per heavy atom. The highest BCUT2D eigenvalue weighted by molar-refractivity contribution is 6.30. The number of hydrogen-bond donors (Lipinski definition) is 1. The molecule has 2 rings (SSSR count). The quantitative estimate of drug-likeness (QED) is 0.889. The van der Waals surface area contributed by atoms with E-state index in [1.165, 1.54) is 5.56 Å². The zero-order valence-corrected chi connectivity index (χ0v) is 12.2. The maximum absolute atomic E-state index is 6.00. The number of nitrogens with one attached hydrogen (secondary N) is 1. The number of hydrogen-bond acceptors (Lipinski definition) is 2. The van der Waals surface area contributed by atoms with Crippen LogP contribution in [0.1, 0.15) is 16.7 Å². The molecule has 0 aromatic heterocycles. The number of benzene rings is 2. The van der Waals surface area contributed by atoms with E-state index in [9.17, 15) is 0 Å². The highest BCUT2D eigenvalue weighted by atomic mass is 35.5. The molecule has 2 aromatic carbocycles. The predicted molar refractivity (Wildman–Crippen MR) is 80.2 cm³/mol. The Morgan fingerprint density at radius 1 is 1.00 bits per heavy atom. The Kier molecular flexibility index (Phi) is 4.46. The molecule has 2 nitrogen and oxygen atoms in total. The van der Waals surface area contributed by atoms with Gasteiger partial charge in [0.2, 0.25) is 0 Å². The van der Waals surface area contributed by atoms with E-state index in [-0.39, 0.29) is 0 Å². The van der Waals surface area contributed by atoms with Crippen LogP contribution in [0.5, 0.6) is 11.5 Å². The second kappa shape index (κ2) is 6.09. The first-order valence-electron chi connectivity index (χ1n) is 6.28. The summed E-state index contributed by atoms with van der Waals surface area (Å²) in [6.45, 7) is 4.87. The summed E-state index contributed by atoms with van der Waals surface area (Å²) in [4.78, 5) is 0. The topological polar surface area (TPSA) is 21.3 Å².